The van der Waals surface area contributed by atoms with E-state index in [1.54, 1.807) is 23.4 Å². The molecular formula is C20H20FN7O2. The van der Waals surface area contributed by atoms with E-state index in [2.05, 4.69) is 15.4 Å². The van der Waals surface area contributed by atoms with Crippen molar-refractivity contribution in [3.63, 3.8) is 0 Å². The lowest BCUT2D eigenvalue weighted by Crippen LogP contribution is -2.46. The first kappa shape index (κ1) is 19.4. The predicted octanol–water partition coefficient (Wildman–Crippen LogP) is 1.72. The van der Waals surface area contributed by atoms with Gasteiger partial charge in [0.2, 0.25) is 0 Å². The normalized spacial score (nSPS) is 12.9. The van der Waals surface area contributed by atoms with E-state index in [-0.39, 0.29) is 23.0 Å². The lowest BCUT2D eigenvalue weighted by molar-refractivity contribution is 0.0967. The second kappa shape index (κ2) is 7.82. The number of nitrogen functional groups attached to an aromatic ring is 1. The number of carbonyl (C=O) groups is 1. The van der Waals surface area contributed by atoms with Crippen molar-refractivity contribution < 1.29 is 13.9 Å². The van der Waals surface area contributed by atoms with Crippen LogP contribution in [-0.2, 0) is 13.0 Å². The van der Waals surface area contributed by atoms with E-state index < -0.39 is 11.7 Å². The number of hydrogen-bond acceptors (Lipinski definition) is 6. The minimum absolute atomic E-state index is 0.123. The minimum atomic E-state index is -0.770. The van der Waals surface area contributed by atoms with Crippen molar-refractivity contribution in [1.29, 1.82) is 5.41 Å². The SMILES string of the molecule is COc1cc(F)c(C(=O)NC(=N)N2CCc3c(ccnc3N)C2)c(-n2cccn2)c1. The molecule has 3 aromatic rings. The number of ether oxygens (including phenoxy) is 1. The smallest absolute Gasteiger partial charge is 0.263 e. The Morgan fingerprint density at radius 1 is 1.37 bits per heavy atom. The van der Waals surface area contributed by atoms with Crippen LogP contribution in [0.3, 0.4) is 0 Å². The van der Waals surface area contributed by atoms with E-state index in [0.717, 1.165) is 17.2 Å². The lowest BCUT2D eigenvalue weighted by Gasteiger charge is -2.31. The standard InChI is InChI=1S/C20H20FN7O2/c1-30-13-9-15(21)17(16(10-13)28-7-2-5-25-28)19(29)26-20(23)27-8-4-14-12(11-27)3-6-24-18(14)22/h2-3,5-7,9-10H,4,8,11H2,1H3,(H2,22,24)(H2,23,26,29). The number of carbonyl (C=O) groups excluding carboxylic acids is 1. The molecule has 154 valence electrons. The molecule has 0 bridgehead atoms. The topological polar surface area (TPSA) is 122 Å². The molecule has 0 radical (unpaired) electrons. The number of nitrogens with one attached hydrogen (secondary N) is 2. The molecule has 0 unspecified atom stereocenters. The van der Waals surface area contributed by atoms with Crippen LogP contribution in [0.15, 0.2) is 42.9 Å². The average Bonchev–Trinajstić information content (AvgIpc) is 3.27. The molecule has 0 aliphatic carbocycles. The fourth-order valence-electron chi connectivity index (χ4n) is 3.46. The number of fused-ring (bicyclic) bond motifs is 1. The highest BCUT2D eigenvalue weighted by Crippen LogP contribution is 2.25. The lowest BCUT2D eigenvalue weighted by atomic mass is 10.0. The molecule has 1 aromatic carbocycles. The number of pyridine rings is 1. The summed E-state index contributed by atoms with van der Waals surface area (Å²) in [7, 11) is 1.41. The van der Waals surface area contributed by atoms with Gasteiger partial charge in [-0.1, -0.05) is 0 Å². The molecule has 4 N–H and O–H groups in total. The fraction of sp³-hybridized carbons (Fsp3) is 0.200. The van der Waals surface area contributed by atoms with Crippen molar-refractivity contribution >= 4 is 17.7 Å². The largest absolute Gasteiger partial charge is 0.497 e. The van der Waals surface area contributed by atoms with Gasteiger partial charge >= 0.3 is 0 Å². The van der Waals surface area contributed by atoms with Gasteiger partial charge in [0.05, 0.1) is 12.8 Å². The van der Waals surface area contributed by atoms with Gasteiger partial charge in [-0.3, -0.25) is 15.5 Å². The zero-order valence-electron chi connectivity index (χ0n) is 16.2. The molecule has 10 heteroatoms. The maximum atomic E-state index is 14.8. The van der Waals surface area contributed by atoms with Gasteiger partial charge in [0.1, 0.15) is 22.9 Å². The van der Waals surface area contributed by atoms with Crippen LogP contribution in [0.1, 0.15) is 21.5 Å². The Bertz CT molecular complexity index is 1110. The van der Waals surface area contributed by atoms with Crippen LogP contribution in [-0.4, -0.2) is 45.2 Å². The number of amides is 1. The number of halogens is 1. The van der Waals surface area contributed by atoms with E-state index in [1.165, 1.54) is 24.1 Å². The molecule has 0 saturated carbocycles. The summed E-state index contributed by atoms with van der Waals surface area (Å²) in [5, 5.41) is 14.9. The predicted molar refractivity (Wildman–Crippen MR) is 108 cm³/mol. The summed E-state index contributed by atoms with van der Waals surface area (Å²) in [5.74, 6) is -0.906. The number of nitrogens with zero attached hydrogens (tertiary/aromatic N) is 4. The highest BCUT2D eigenvalue weighted by atomic mass is 19.1. The highest BCUT2D eigenvalue weighted by molar-refractivity contribution is 6.07. The Labute approximate surface area is 171 Å². The molecule has 3 heterocycles. The maximum Gasteiger partial charge on any atom is 0.263 e. The number of guanidine groups is 1. The van der Waals surface area contributed by atoms with Crippen LogP contribution in [0.25, 0.3) is 5.69 Å². The third-order valence-electron chi connectivity index (χ3n) is 4.98. The molecule has 30 heavy (non-hydrogen) atoms. The zero-order chi connectivity index (χ0) is 21.3. The number of hydrogen-bond donors (Lipinski definition) is 3. The third-order valence-corrected chi connectivity index (χ3v) is 4.98. The molecule has 0 atom stereocenters. The van der Waals surface area contributed by atoms with E-state index in [4.69, 9.17) is 15.9 Å². The first-order chi connectivity index (χ1) is 14.5. The molecular weight excluding hydrogens is 389 g/mol. The molecule has 1 aliphatic rings. The summed E-state index contributed by atoms with van der Waals surface area (Å²) in [5.41, 5.74) is 7.79. The molecule has 0 saturated heterocycles. The van der Waals surface area contributed by atoms with E-state index in [9.17, 15) is 9.18 Å². The van der Waals surface area contributed by atoms with Gasteiger partial charge in [0.15, 0.2) is 5.96 Å². The molecule has 1 amide bonds. The number of rotatable bonds is 3. The monoisotopic (exact) mass is 409 g/mol. The van der Waals surface area contributed by atoms with Crippen molar-refractivity contribution in [2.45, 2.75) is 13.0 Å². The molecule has 9 nitrogen and oxygen atoms in total. The molecule has 1 aliphatic heterocycles. The number of methoxy groups -OCH3 is 1. The van der Waals surface area contributed by atoms with Crippen molar-refractivity contribution in [3.05, 3.63) is 65.4 Å². The highest BCUT2D eigenvalue weighted by Gasteiger charge is 2.25. The van der Waals surface area contributed by atoms with E-state index in [1.807, 2.05) is 6.07 Å². The van der Waals surface area contributed by atoms with Gasteiger partial charge in [0, 0.05) is 49.4 Å². The fourth-order valence-corrected chi connectivity index (χ4v) is 3.46. The summed E-state index contributed by atoms with van der Waals surface area (Å²) in [6, 6.07) is 6.14. The third kappa shape index (κ3) is 3.54. The second-order valence-electron chi connectivity index (χ2n) is 6.76. The summed E-state index contributed by atoms with van der Waals surface area (Å²) >= 11 is 0. The summed E-state index contributed by atoms with van der Waals surface area (Å²) in [6.07, 6.45) is 5.33. The van der Waals surface area contributed by atoms with Crippen molar-refractivity contribution in [2.24, 2.45) is 0 Å². The van der Waals surface area contributed by atoms with Crippen LogP contribution < -0.4 is 15.8 Å². The number of benzene rings is 1. The summed E-state index contributed by atoms with van der Waals surface area (Å²) in [4.78, 5) is 18.7. The first-order valence-corrected chi connectivity index (χ1v) is 9.22. The number of aromatic nitrogens is 3. The molecule has 4 rings (SSSR count). The van der Waals surface area contributed by atoms with Gasteiger partial charge in [0.25, 0.3) is 5.91 Å². The van der Waals surface area contributed by atoms with Gasteiger partial charge in [-0.25, -0.2) is 14.1 Å². The van der Waals surface area contributed by atoms with Crippen LogP contribution in [0.5, 0.6) is 5.75 Å². The van der Waals surface area contributed by atoms with Crippen LogP contribution >= 0.6 is 0 Å². The molecule has 2 aromatic heterocycles. The quantitative estimate of drug-likeness (QED) is 0.447. The summed E-state index contributed by atoms with van der Waals surface area (Å²) in [6.45, 7) is 0.886. The number of anilines is 1. The Balaban J connectivity index is 1.58. The van der Waals surface area contributed by atoms with E-state index in [0.29, 0.717) is 25.3 Å². The minimum Gasteiger partial charge on any atom is -0.497 e. The molecule has 0 fully saturated rings. The second-order valence-corrected chi connectivity index (χ2v) is 6.76. The van der Waals surface area contributed by atoms with Gasteiger partial charge in [-0.15, -0.1) is 0 Å². The van der Waals surface area contributed by atoms with Crippen molar-refractivity contribution in [2.75, 3.05) is 19.4 Å². The Kier molecular flexibility index (Phi) is 5.05. The van der Waals surface area contributed by atoms with E-state index >= 15 is 0 Å². The zero-order valence-corrected chi connectivity index (χ0v) is 16.2. The van der Waals surface area contributed by atoms with Gasteiger partial charge in [-0.2, -0.15) is 5.10 Å². The summed E-state index contributed by atoms with van der Waals surface area (Å²) < 4.78 is 21.3. The first-order valence-electron chi connectivity index (χ1n) is 9.22. The average molecular weight is 409 g/mol. The Morgan fingerprint density at radius 3 is 2.93 bits per heavy atom. The Hall–Kier alpha value is -3.95. The number of nitrogens with two attached hydrogens (primary N) is 1. The van der Waals surface area contributed by atoms with Crippen LogP contribution in [0.4, 0.5) is 10.2 Å². The van der Waals surface area contributed by atoms with Gasteiger partial charge < -0.3 is 15.4 Å². The van der Waals surface area contributed by atoms with Crippen molar-refractivity contribution in [3.8, 4) is 11.4 Å². The maximum absolute atomic E-state index is 14.8. The van der Waals surface area contributed by atoms with Gasteiger partial charge in [-0.05, 0) is 24.1 Å². The van der Waals surface area contributed by atoms with Crippen LogP contribution in [0.2, 0.25) is 0 Å². The van der Waals surface area contributed by atoms with Crippen LogP contribution in [0, 0.1) is 11.2 Å². The Morgan fingerprint density at radius 2 is 2.20 bits per heavy atom. The van der Waals surface area contributed by atoms with Crippen molar-refractivity contribution in [1.82, 2.24) is 25.0 Å². The molecule has 0 spiro atoms.